The largest absolute Gasteiger partial charge is 0.417 e. The Balaban J connectivity index is 2.08. The standard InChI is InChI=1S/C19H14BrF3N4O2S/c1-3-30(28,29)16-11-5-4-6-13(20)12(11)9-24-15(16)18-26-14-7-10(19(21,22)23)8-25-17(14)27(18)2/h4-9H,3H2,1-2H3. The van der Waals surface area contributed by atoms with E-state index in [1.54, 1.807) is 25.2 Å². The molecule has 156 valence electrons. The number of imidazole rings is 1. The molecule has 0 amide bonds. The minimum atomic E-state index is -4.57. The molecule has 4 aromatic rings. The highest BCUT2D eigenvalue weighted by Crippen LogP contribution is 2.36. The lowest BCUT2D eigenvalue weighted by molar-refractivity contribution is -0.137. The van der Waals surface area contributed by atoms with Crippen molar-refractivity contribution in [3.63, 3.8) is 0 Å². The molecule has 0 saturated carbocycles. The van der Waals surface area contributed by atoms with Gasteiger partial charge in [0.2, 0.25) is 0 Å². The first-order valence-corrected chi connectivity index (χ1v) is 11.2. The number of aromatic nitrogens is 4. The van der Waals surface area contributed by atoms with E-state index in [0.29, 0.717) is 15.2 Å². The molecule has 0 saturated heterocycles. The van der Waals surface area contributed by atoms with Crippen LogP contribution in [0.5, 0.6) is 0 Å². The van der Waals surface area contributed by atoms with E-state index < -0.39 is 21.6 Å². The summed E-state index contributed by atoms with van der Waals surface area (Å²) in [4.78, 5) is 12.5. The summed E-state index contributed by atoms with van der Waals surface area (Å²) in [5.74, 6) is -0.0565. The zero-order valence-electron chi connectivity index (χ0n) is 15.7. The van der Waals surface area contributed by atoms with Crippen LogP contribution in [0.4, 0.5) is 13.2 Å². The van der Waals surface area contributed by atoms with Crippen LogP contribution in [0.3, 0.4) is 0 Å². The average Bonchev–Trinajstić information content (AvgIpc) is 3.02. The summed E-state index contributed by atoms with van der Waals surface area (Å²) in [6.45, 7) is 1.52. The topological polar surface area (TPSA) is 77.7 Å². The average molecular weight is 499 g/mol. The van der Waals surface area contributed by atoms with Gasteiger partial charge in [0, 0.05) is 34.7 Å². The number of aryl methyl sites for hydroxylation is 1. The second kappa shape index (κ2) is 7.02. The normalized spacial score (nSPS) is 12.7. The molecule has 0 fully saturated rings. The van der Waals surface area contributed by atoms with Crippen LogP contribution in [0.2, 0.25) is 0 Å². The number of nitrogens with zero attached hydrogens (tertiary/aromatic N) is 4. The highest BCUT2D eigenvalue weighted by atomic mass is 79.9. The van der Waals surface area contributed by atoms with Gasteiger partial charge < -0.3 is 4.57 Å². The van der Waals surface area contributed by atoms with E-state index >= 15 is 0 Å². The van der Waals surface area contributed by atoms with Gasteiger partial charge in [0.25, 0.3) is 0 Å². The van der Waals surface area contributed by atoms with Gasteiger partial charge in [-0.25, -0.2) is 18.4 Å². The summed E-state index contributed by atoms with van der Waals surface area (Å²) in [5, 5.41) is 1.05. The molecule has 0 bridgehead atoms. The van der Waals surface area contributed by atoms with Gasteiger partial charge in [-0.3, -0.25) is 4.98 Å². The quantitative estimate of drug-likeness (QED) is 0.407. The van der Waals surface area contributed by atoms with Gasteiger partial charge in [-0.2, -0.15) is 13.2 Å². The maximum atomic E-state index is 13.1. The predicted molar refractivity (Wildman–Crippen MR) is 110 cm³/mol. The lowest BCUT2D eigenvalue weighted by Gasteiger charge is -2.12. The van der Waals surface area contributed by atoms with Crippen molar-refractivity contribution in [3.8, 4) is 11.5 Å². The molecule has 1 aromatic carbocycles. The Morgan fingerprint density at radius 3 is 2.53 bits per heavy atom. The second-order valence-corrected chi connectivity index (χ2v) is 9.67. The number of sulfone groups is 1. The maximum absolute atomic E-state index is 13.1. The number of rotatable bonds is 3. The molecule has 4 rings (SSSR count). The molecule has 0 aliphatic heterocycles. The van der Waals surface area contributed by atoms with Crippen molar-refractivity contribution in [2.45, 2.75) is 18.0 Å². The van der Waals surface area contributed by atoms with E-state index in [9.17, 15) is 21.6 Å². The Morgan fingerprint density at radius 1 is 1.13 bits per heavy atom. The second-order valence-electron chi connectivity index (χ2n) is 6.60. The van der Waals surface area contributed by atoms with Gasteiger partial charge in [-0.15, -0.1) is 0 Å². The van der Waals surface area contributed by atoms with E-state index in [1.165, 1.54) is 17.7 Å². The lowest BCUT2D eigenvalue weighted by Crippen LogP contribution is -2.10. The zero-order chi connectivity index (χ0) is 21.8. The SMILES string of the molecule is CCS(=O)(=O)c1c(-c2nc3cc(C(F)(F)F)cnc3n2C)ncc2c(Br)cccc12. The summed E-state index contributed by atoms with van der Waals surface area (Å²) >= 11 is 3.40. The number of hydrogen-bond acceptors (Lipinski definition) is 5. The molecule has 0 unspecified atom stereocenters. The first kappa shape index (κ1) is 20.7. The van der Waals surface area contributed by atoms with Gasteiger partial charge in [-0.1, -0.05) is 35.0 Å². The fourth-order valence-electron chi connectivity index (χ4n) is 3.24. The molecular weight excluding hydrogens is 485 g/mol. The van der Waals surface area contributed by atoms with Crippen molar-refractivity contribution in [1.82, 2.24) is 19.5 Å². The summed E-state index contributed by atoms with van der Waals surface area (Å²) in [7, 11) is -2.19. The minimum Gasteiger partial charge on any atom is -0.310 e. The van der Waals surface area contributed by atoms with Crippen LogP contribution >= 0.6 is 15.9 Å². The number of alkyl halides is 3. The summed E-state index contributed by atoms with van der Waals surface area (Å²) in [6.07, 6.45) is -2.33. The Hall–Kier alpha value is -2.53. The van der Waals surface area contributed by atoms with Crippen LogP contribution in [-0.2, 0) is 23.1 Å². The molecule has 6 nitrogen and oxygen atoms in total. The zero-order valence-corrected chi connectivity index (χ0v) is 18.1. The summed E-state index contributed by atoms with van der Waals surface area (Å²) in [5.41, 5.74) is -0.680. The van der Waals surface area contributed by atoms with Gasteiger partial charge in [0.15, 0.2) is 21.3 Å². The smallest absolute Gasteiger partial charge is 0.310 e. The lowest BCUT2D eigenvalue weighted by atomic mass is 10.1. The third kappa shape index (κ3) is 3.25. The van der Waals surface area contributed by atoms with Crippen LogP contribution in [0, 0.1) is 0 Å². The molecule has 0 aliphatic carbocycles. The highest BCUT2D eigenvalue weighted by molar-refractivity contribution is 9.10. The third-order valence-electron chi connectivity index (χ3n) is 4.77. The number of pyridine rings is 2. The van der Waals surface area contributed by atoms with E-state index in [4.69, 9.17) is 0 Å². The molecule has 3 aromatic heterocycles. The molecule has 0 spiro atoms. The van der Waals surface area contributed by atoms with Crippen molar-refractivity contribution in [2.24, 2.45) is 7.05 Å². The van der Waals surface area contributed by atoms with Crippen molar-refractivity contribution >= 4 is 47.7 Å². The van der Waals surface area contributed by atoms with Gasteiger partial charge in [0.1, 0.15) is 16.1 Å². The Bertz CT molecular complexity index is 1420. The third-order valence-corrected chi connectivity index (χ3v) is 7.26. The van der Waals surface area contributed by atoms with Crippen LogP contribution in [-0.4, -0.2) is 33.7 Å². The molecular formula is C19H14BrF3N4O2S. The van der Waals surface area contributed by atoms with Crippen LogP contribution in [0.1, 0.15) is 12.5 Å². The van der Waals surface area contributed by atoms with Crippen molar-refractivity contribution in [2.75, 3.05) is 5.75 Å². The highest BCUT2D eigenvalue weighted by Gasteiger charge is 2.32. The van der Waals surface area contributed by atoms with Crippen molar-refractivity contribution in [3.05, 3.63) is 46.7 Å². The molecule has 3 heterocycles. The number of fused-ring (bicyclic) bond motifs is 2. The van der Waals surface area contributed by atoms with Gasteiger partial charge in [0.05, 0.1) is 11.3 Å². The van der Waals surface area contributed by atoms with Crippen LogP contribution < -0.4 is 0 Å². The Kier molecular flexibility index (Phi) is 4.85. The summed E-state index contributed by atoms with van der Waals surface area (Å²) in [6, 6.07) is 6.02. The molecule has 30 heavy (non-hydrogen) atoms. The van der Waals surface area contributed by atoms with Gasteiger partial charge in [-0.05, 0) is 12.1 Å². The van der Waals surface area contributed by atoms with E-state index in [-0.39, 0.29) is 33.3 Å². The van der Waals surface area contributed by atoms with Crippen molar-refractivity contribution in [1.29, 1.82) is 0 Å². The minimum absolute atomic E-state index is 0.00156. The monoisotopic (exact) mass is 498 g/mol. The first-order valence-electron chi connectivity index (χ1n) is 8.74. The fourth-order valence-corrected chi connectivity index (χ4v) is 4.95. The Morgan fingerprint density at radius 2 is 1.87 bits per heavy atom. The molecule has 0 aliphatic rings. The summed E-state index contributed by atoms with van der Waals surface area (Å²) < 4.78 is 67.2. The molecule has 0 atom stereocenters. The van der Waals surface area contributed by atoms with E-state index in [1.807, 2.05) is 0 Å². The molecule has 11 heteroatoms. The predicted octanol–water partition coefficient (Wildman–Crippen LogP) is 4.76. The number of benzene rings is 1. The first-order chi connectivity index (χ1) is 14.0. The van der Waals surface area contributed by atoms with E-state index in [2.05, 4.69) is 30.9 Å². The van der Waals surface area contributed by atoms with Crippen LogP contribution in [0.25, 0.3) is 33.5 Å². The molecule has 0 N–H and O–H groups in total. The Labute approximate surface area is 177 Å². The number of hydrogen-bond donors (Lipinski definition) is 0. The molecule has 0 radical (unpaired) electrons. The fraction of sp³-hybridized carbons (Fsp3) is 0.211. The van der Waals surface area contributed by atoms with Gasteiger partial charge >= 0.3 is 6.18 Å². The van der Waals surface area contributed by atoms with Crippen LogP contribution in [0.15, 0.2) is 46.0 Å². The number of halogens is 4. The maximum Gasteiger partial charge on any atom is 0.417 e. The van der Waals surface area contributed by atoms with Crippen molar-refractivity contribution < 1.29 is 21.6 Å². The van der Waals surface area contributed by atoms with E-state index in [0.717, 1.165) is 12.3 Å².